The molecule has 2 aromatic heterocycles. The molecule has 8 rings (SSSR count). The summed E-state index contributed by atoms with van der Waals surface area (Å²) in [7, 11) is -7.52. The standard InChI is InChI=1S/C38H44N8O8S4/c1-37(2,51)33-41-16-28(55-33)57(39,53)46-36(50)44-32-21-9-5-8-20(21)25(30-23(32)11-13-27(30)48)15-38(3,52)34-42-17-29(56-34)58(40,54)45-35(49)43-31-19-7-4-6-18(19)14-24-22(31)10-12-26(24)47/h14,16-17,26,47,51-52H,4-13,15H2,1-3H3,(H3,39,44,46,50,53)(H3,40,43,45,49,54). The summed E-state index contributed by atoms with van der Waals surface area (Å²) in [4.78, 5) is 48.5. The predicted molar refractivity (Wildman–Crippen MR) is 220 cm³/mol. The molecule has 4 atom stereocenters. The molecule has 4 amide bonds. The van der Waals surface area contributed by atoms with Crippen LogP contribution in [0.25, 0.3) is 0 Å². The Labute approximate surface area is 343 Å². The van der Waals surface area contributed by atoms with Crippen LogP contribution in [0.3, 0.4) is 0 Å². The van der Waals surface area contributed by atoms with E-state index in [1.807, 2.05) is 6.07 Å². The first-order chi connectivity index (χ1) is 27.2. The lowest BCUT2D eigenvalue weighted by atomic mass is 9.85. The quantitative estimate of drug-likeness (QED) is 0.121. The van der Waals surface area contributed by atoms with Crippen molar-refractivity contribution in [2.75, 3.05) is 10.6 Å². The molecule has 58 heavy (non-hydrogen) atoms. The maximum atomic E-state index is 13.8. The van der Waals surface area contributed by atoms with Gasteiger partial charge in [-0.2, -0.15) is 0 Å². The number of nitrogens with one attached hydrogen (secondary N) is 2. The van der Waals surface area contributed by atoms with Crippen LogP contribution in [0.4, 0.5) is 21.0 Å². The van der Waals surface area contributed by atoms with Gasteiger partial charge in [0, 0.05) is 29.8 Å². The number of aliphatic hydroxyl groups is 3. The Kier molecular flexibility index (Phi) is 10.3. The highest BCUT2D eigenvalue weighted by molar-refractivity contribution is 7.94. The summed E-state index contributed by atoms with van der Waals surface area (Å²) in [6.45, 7) is 4.57. The first-order valence-electron chi connectivity index (χ1n) is 18.9. The second-order valence-electron chi connectivity index (χ2n) is 16.0. The van der Waals surface area contributed by atoms with Gasteiger partial charge in [-0.3, -0.25) is 4.79 Å². The third-order valence-corrected chi connectivity index (χ3v) is 17.5. The minimum Gasteiger partial charge on any atom is -0.388 e. The van der Waals surface area contributed by atoms with Crippen molar-refractivity contribution in [2.24, 2.45) is 19.0 Å². The molecule has 0 aliphatic heterocycles. The zero-order chi connectivity index (χ0) is 41.5. The summed E-state index contributed by atoms with van der Waals surface area (Å²) in [5.74, 6) is -0.159. The SMILES string of the molecule is CC(C)(O)c1ncc(S(N)(=O)=NC(=O)Nc2c3c(c(CC(C)(O)c4ncc(S(N)(=O)=NC(=O)Nc5c6c(cc7c5CCC7O)CCC6)s4)c4c2CCC4=O)CCC3)s1. The van der Waals surface area contributed by atoms with Crippen LogP contribution in [0.1, 0.15) is 117 Å². The molecular weight excluding hydrogens is 825 g/mol. The number of hydrogen-bond donors (Lipinski definition) is 7. The van der Waals surface area contributed by atoms with Gasteiger partial charge in [0.1, 0.15) is 29.6 Å². The Bertz CT molecular complexity index is 2700. The molecule has 0 bridgehead atoms. The molecule has 2 heterocycles. The third kappa shape index (κ3) is 7.42. The number of anilines is 2. The Hall–Kier alpha value is -3.99. The number of aromatic nitrogens is 2. The topological polar surface area (TPSA) is 273 Å². The van der Waals surface area contributed by atoms with Gasteiger partial charge in [0.2, 0.25) is 0 Å². The summed E-state index contributed by atoms with van der Waals surface area (Å²) in [6.07, 6.45) is 7.81. The van der Waals surface area contributed by atoms with Crippen molar-refractivity contribution < 1.29 is 38.1 Å². The number of nitrogens with zero attached hydrogens (tertiary/aromatic N) is 4. The van der Waals surface area contributed by atoms with Crippen LogP contribution in [0.2, 0.25) is 0 Å². The fraction of sp³-hybridized carbons (Fsp3) is 0.447. The highest BCUT2D eigenvalue weighted by Gasteiger charge is 2.38. The van der Waals surface area contributed by atoms with E-state index in [4.69, 9.17) is 10.3 Å². The monoisotopic (exact) mass is 868 g/mol. The summed E-state index contributed by atoms with van der Waals surface area (Å²) >= 11 is 1.75. The van der Waals surface area contributed by atoms with Crippen molar-refractivity contribution in [2.45, 2.75) is 117 Å². The van der Waals surface area contributed by atoms with E-state index in [-0.39, 0.29) is 37.1 Å². The van der Waals surface area contributed by atoms with Gasteiger partial charge in [0.05, 0.1) is 18.5 Å². The Morgan fingerprint density at radius 3 is 2.02 bits per heavy atom. The number of fused-ring (bicyclic) bond motifs is 4. The lowest BCUT2D eigenvalue weighted by Crippen LogP contribution is -2.26. The lowest BCUT2D eigenvalue weighted by molar-refractivity contribution is 0.0569. The number of amides is 4. The largest absolute Gasteiger partial charge is 0.388 e. The first kappa shape index (κ1) is 40.8. The molecule has 0 radical (unpaired) electrons. The maximum absolute atomic E-state index is 13.8. The van der Waals surface area contributed by atoms with Crippen LogP contribution in [0.5, 0.6) is 0 Å². The second-order valence-corrected chi connectivity index (χ2v) is 22.1. The van der Waals surface area contributed by atoms with Crippen LogP contribution in [-0.2, 0) is 76.0 Å². The van der Waals surface area contributed by atoms with Gasteiger partial charge in [-0.25, -0.2) is 38.3 Å². The molecule has 4 aromatic rings. The van der Waals surface area contributed by atoms with Crippen molar-refractivity contribution in [3.05, 3.63) is 78.5 Å². The average molecular weight is 869 g/mol. The number of benzene rings is 2. The van der Waals surface area contributed by atoms with E-state index in [1.165, 1.54) is 33.2 Å². The van der Waals surface area contributed by atoms with Crippen LogP contribution in [0.15, 0.2) is 35.6 Å². The van der Waals surface area contributed by atoms with Crippen LogP contribution in [0, 0.1) is 0 Å². The Balaban J connectivity index is 1.06. The molecule has 0 saturated carbocycles. The maximum Gasteiger partial charge on any atom is 0.354 e. The normalized spacial score (nSPS) is 20.0. The van der Waals surface area contributed by atoms with Gasteiger partial charge in [0.25, 0.3) is 0 Å². The molecule has 4 aliphatic rings. The average Bonchev–Trinajstić information content (AvgIpc) is 3.97. The molecule has 2 aromatic carbocycles. The van der Waals surface area contributed by atoms with E-state index < -0.39 is 49.2 Å². The summed E-state index contributed by atoms with van der Waals surface area (Å²) in [6, 6.07) is 0.166. The number of Topliss-reactive ketones (excluding diaryl/α,β-unsaturated/α-hetero) is 1. The highest BCUT2D eigenvalue weighted by atomic mass is 32.2. The second kappa shape index (κ2) is 14.6. The number of thiazole rings is 2. The predicted octanol–water partition coefficient (Wildman–Crippen LogP) is 5.23. The zero-order valence-corrected chi connectivity index (χ0v) is 35.3. The van der Waals surface area contributed by atoms with Crippen molar-refractivity contribution >= 4 is 71.7 Å². The summed E-state index contributed by atoms with van der Waals surface area (Å²) in [5.41, 5.74) is 4.93. The van der Waals surface area contributed by atoms with Crippen molar-refractivity contribution in [1.29, 1.82) is 0 Å². The van der Waals surface area contributed by atoms with E-state index >= 15 is 0 Å². The number of carbonyl (C=O) groups excluding carboxylic acids is 3. The van der Waals surface area contributed by atoms with Gasteiger partial charge in [-0.1, -0.05) is 6.07 Å². The third-order valence-electron chi connectivity index (χ3n) is 11.2. The molecule has 9 N–H and O–H groups in total. The minimum absolute atomic E-state index is 0.0173. The molecular formula is C38H44N8O8S4. The molecule has 16 nitrogen and oxygen atoms in total. The van der Waals surface area contributed by atoms with Gasteiger partial charge in [0.15, 0.2) is 25.6 Å². The van der Waals surface area contributed by atoms with Crippen molar-refractivity contribution in [1.82, 2.24) is 9.97 Å². The minimum atomic E-state index is -3.80. The molecule has 0 spiro atoms. The van der Waals surface area contributed by atoms with Gasteiger partial charge in [-0.15, -0.1) is 31.4 Å². The van der Waals surface area contributed by atoms with Crippen LogP contribution < -0.4 is 20.9 Å². The van der Waals surface area contributed by atoms with Gasteiger partial charge >= 0.3 is 12.1 Å². The number of carbonyl (C=O) groups is 3. The highest BCUT2D eigenvalue weighted by Crippen LogP contribution is 2.45. The van der Waals surface area contributed by atoms with E-state index in [0.717, 1.165) is 75.3 Å². The number of urea groups is 2. The van der Waals surface area contributed by atoms with Crippen LogP contribution in [-0.4, -0.2) is 51.6 Å². The first-order valence-corrected chi connectivity index (χ1v) is 23.7. The lowest BCUT2D eigenvalue weighted by Gasteiger charge is -2.26. The number of nitrogens with two attached hydrogens (primary N) is 2. The number of rotatable bonds is 8. The van der Waals surface area contributed by atoms with Crippen molar-refractivity contribution in [3.8, 4) is 0 Å². The fourth-order valence-electron chi connectivity index (χ4n) is 8.59. The number of aryl methyl sites for hydroxylation is 1. The number of hydrogen-bond acceptors (Lipinski definition) is 12. The summed E-state index contributed by atoms with van der Waals surface area (Å²) in [5, 5.41) is 51.0. The van der Waals surface area contributed by atoms with Crippen LogP contribution >= 0.6 is 22.7 Å². The molecule has 0 saturated heterocycles. The molecule has 20 heteroatoms. The van der Waals surface area contributed by atoms with E-state index in [9.17, 15) is 38.1 Å². The molecule has 4 unspecified atom stereocenters. The smallest absolute Gasteiger partial charge is 0.354 e. The van der Waals surface area contributed by atoms with E-state index in [1.54, 1.807) is 0 Å². The molecule has 4 aliphatic carbocycles. The molecule has 308 valence electrons. The van der Waals surface area contributed by atoms with Gasteiger partial charge < -0.3 is 26.0 Å². The molecule has 0 fully saturated rings. The van der Waals surface area contributed by atoms with E-state index in [0.29, 0.717) is 66.6 Å². The van der Waals surface area contributed by atoms with Crippen molar-refractivity contribution in [3.63, 3.8) is 0 Å². The number of ketones is 1. The Morgan fingerprint density at radius 1 is 0.810 bits per heavy atom. The zero-order valence-electron chi connectivity index (χ0n) is 32.0. The van der Waals surface area contributed by atoms with Gasteiger partial charge in [-0.05, 0) is 123 Å². The summed E-state index contributed by atoms with van der Waals surface area (Å²) < 4.78 is 34.8. The Morgan fingerprint density at radius 2 is 1.38 bits per heavy atom. The van der Waals surface area contributed by atoms with E-state index in [2.05, 4.69) is 29.3 Å². The number of aliphatic hydroxyl groups excluding tert-OH is 1. The fourth-order valence-corrected chi connectivity index (χ4v) is 12.8.